The van der Waals surface area contributed by atoms with Crippen LogP contribution in [-0.4, -0.2) is 18.0 Å². The SMILES string of the molecule is CCCCC=C(CC)N(CCC)CCC. The van der Waals surface area contributed by atoms with E-state index in [2.05, 4.69) is 38.7 Å². The van der Waals surface area contributed by atoms with Crippen molar-refractivity contribution in [2.75, 3.05) is 13.1 Å². The second-order valence-electron chi connectivity index (χ2n) is 4.18. The molecule has 0 heterocycles. The maximum Gasteiger partial charge on any atom is 0.0172 e. The lowest BCUT2D eigenvalue weighted by atomic mass is 10.2. The molecule has 0 radical (unpaired) electrons. The molecule has 0 aliphatic rings. The molecule has 0 spiro atoms. The lowest BCUT2D eigenvalue weighted by molar-refractivity contribution is 0.334. The third kappa shape index (κ3) is 6.59. The first kappa shape index (κ1) is 14.5. The standard InChI is InChI=1S/C14H29N/c1-5-9-10-11-14(8-4)15(12-6-2)13-7-3/h11H,5-10,12-13H2,1-4H3. The molecule has 0 bridgehead atoms. The van der Waals surface area contributed by atoms with Crippen LogP contribution in [0.5, 0.6) is 0 Å². The van der Waals surface area contributed by atoms with Crippen LogP contribution in [-0.2, 0) is 0 Å². The molecule has 0 aliphatic heterocycles. The lowest BCUT2D eigenvalue weighted by Gasteiger charge is -2.26. The van der Waals surface area contributed by atoms with Gasteiger partial charge in [0, 0.05) is 18.8 Å². The summed E-state index contributed by atoms with van der Waals surface area (Å²) in [4.78, 5) is 2.57. The topological polar surface area (TPSA) is 3.24 Å². The Morgan fingerprint density at radius 2 is 1.53 bits per heavy atom. The highest BCUT2D eigenvalue weighted by molar-refractivity contribution is 5.00. The molecule has 0 aromatic rings. The predicted molar refractivity (Wildman–Crippen MR) is 70.1 cm³/mol. The molecule has 1 nitrogen and oxygen atoms in total. The van der Waals surface area contributed by atoms with E-state index >= 15 is 0 Å². The van der Waals surface area contributed by atoms with Gasteiger partial charge in [-0.05, 0) is 25.7 Å². The summed E-state index contributed by atoms with van der Waals surface area (Å²) in [5, 5.41) is 0. The van der Waals surface area contributed by atoms with E-state index in [1.165, 1.54) is 51.6 Å². The van der Waals surface area contributed by atoms with Gasteiger partial charge >= 0.3 is 0 Å². The Morgan fingerprint density at radius 3 is 1.93 bits per heavy atom. The van der Waals surface area contributed by atoms with Gasteiger partial charge in [0.2, 0.25) is 0 Å². The van der Waals surface area contributed by atoms with Crippen molar-refractivity contribution in [3.63, 3.8) is 0 Å². The van der Waals surface area contributed by atoms with Gasteiger partial charge in [0.15, 0.2) is 0 Å². The Labute approximate surface area is 96.6 Å². The van der Waals surface area contributed by atoms with Crippen LogP contribution in [0, 0.1) is 0 Å². The number of hydrogen-bond acceptors (Lipinski definition) is 1. The first-order chi connectivity index (χ1) is 7.29. The fourth-order valence-corrected chi connectivity index (χ4v) is 1.91. The zero-order valence-corrected chi connectivity index (χ0v) is 11.2. The summed E-state index contributed by atoms with van der Waals surface area (Å²) in [7, 11) is 0. The summed E-state index contributed by atoms with van der Waals surface area (Å²) in [6.45, 7) is 11.5. The second kappa shape index (κ2) is 10.1. The smallest absolute Gasteiger partial charge is 0.0172 e. The molecule has 15 heavy (non-hydrogen) atoms. The van der Waals surface area contributed by atoms with Crippen molar-refractivity contribution in [2.45, 2.75) is 66.2 Å². The van der Waals surface area contributed by atoms with Crippen LogP contribution < -0.4 is 0 Å². The van der Waals surface area contributed by atoms with E-state index in [-0.39, 0.29) is 0 Å². The maximum absolute atomic E-state index is 2.57. The van der Waals surface area contributed by atoms with E-state index in [4.69, 9.17) is 0 Å². The van der Waals surface area contributed by atoms with Gasteiger partial charge in [0.05, 0.1) is 0 Å². The molecule has 0 unspecified atom stereocenters. The van der Waals surface area contributed by atoms with Crippen LogP contribution in [0.4, 0.5) is 0 Å². The minimum absolute atomic E-state index is 1.18. The molecule has 0 aliphatic carbocycles. The van der Waals surface area contributed by atoms with Gasteiger partial charge in [-0.3, -0.25) is 0 Å². The van der Waals surface area contributed by atoms with E-state index in [0.29, 0.717) is 0 Å². The highest BCUT2D eigenvalue weighted by Gasteiger charge is 2.04. The average molecular weight is 211 g/mol. The molecular weight excluding hydrogens is 182 g/mol. The lowest BCUT2D eigenvalue weighted by Crippen LogP contribution is -2.24. The Bertz CT molecular complexity index is 155. The number of nitrogens with zero attached hydrogens (tertiary/aromatic N) is 1. The van der Waals surface area contributed by atoms with Crippen LogP contribution in [0.1, 0.15) is 66.2 Å². The van der Waals surface area contributed by atoms with Crippen molar-refractivity contribution in [1.29, 1.82) is 0 Å². The summed E-state index contributed by atoms with van der Waals surface area (Å²) in [6, 6.07) is 0. The Balaban J connectivity index is 4.22. The Kier molecular flexibility index (Phi) is 9.76. The first-order valence-corrected chi connectivity index (χ1v) is 6.73. The highest BCUT2D eigenvalue weighted by atomic mass is 15.1. The molecule has 90 valence electrons. The number of unbranched alkanes of at least 4 members (excludes halogenated alkanes) is 2. The van der Waals surface area contributed by atoms with E-state index in [0.717, 1.165) is 0 Å². The molecule has 0 aromatic heterocycles. The fraction of sp³-hybridized carbons (Fsp3) is 0.857. The molecule has 0 saturated carbocycles. The van der Waals surface area contributed by atoms with Crippen LogP contribution in [0.3, 0.4) is 0 Å². The fourth-order valence-electron chi connectivity index (χ4n) is 1.91. The zero-order chi connectivity index (χ0) is 11.5. The van der Waals surface area contributed by atoms with Gasteiger partial charge < -0.3 is 4.90 Å². The van der Waals surface area contributed by atoms with Crippen molar-refractivity contribution in [3.05, 3.63) is 11.8 Å². The van der Waals surface area contributed by atoms with Gasteiger partial charge in [-0.1, -0.05) is 46.6 Å². The molecular formula is C14H29N. The van der Waals surface area contributed by atoms with E-state index in [1.807, 2.05) is 0 Å². The molecule has 0 saturated heterocycles. The first-order valence-electron chi connectivity index (χ1n) is 6.73. The van der Waals surface area contributed by atoms with Gasteiger partial charge in [0.25, 0.3) is 0 Å². The third-order valence-corrected chi connectivity index (χ3v) is 2.69. The van der Waals surface area contributed by atoms with Crippen molar-refractivity contribution in [2.24, 2.45) is 0 Å². The summed E-state index contributed by atoms with van der Waals surface area (Å²) in [5.74, 6) is 0. The zero-order valence-electron chi connectivity index (χ0n) is 11.2. The van der Waals surface area contributed by atoms with Crippen LogP contribution >= 0.6 is 0 Å². The normalized spacial score (nSPS) is 11.9. The van der Waals surface area contributed by atoms with Crippen molar-refractivity contribution in [3.8, 4) is 0 Å². The van der Waals surface area contributed by atoms with Gasteiger partial charge in [-0.2, -0.15) is 0 Å². The summed E-state index contributed by atoms with van der Waals surface area (Å²) >= 11 is 0. The molecule has 0 N–H and O–H groups in total. The van der Waals surface area contributed by atoms with Crippen LogP contribution in [0.2, 0.25) is 0 Å². The number of hydrogen-bond donors (Lipinski definition) is 0. The average Bonchev–Trinajstić information content (AvgIpc) is 2.24. The van der Waals surface area contributed by atoms with E-state index in [1.54, 1.807) is 5.70 Å². The monoisotopic (exact) mass is 211 g/mol. The summed E-state index contributed by atoms with van der Waals surface area (Å²) in [5.41, 5.74) is 1.56. The minimum atomic E-state index is 1.18. The van der Waals surface area contributed by atoms with Gasteiger partial charge in [0.1, 0.15) is 0 Å². The van der Waals surface area contributed by atoms with Crippen molar-refractivity contribution < 1.29 is 0 Å². The van der Waals surface area contributed by atoms with E-state index < -0.39 is 0 Å². The molecule has 0 atom stereocenters. The van der Waals surface area contributed by atoms with Crippen molar-refractivity contribution in [1.82, 2.24) is 4.90 Å². The van der Waals surface area contributed by atoms with Crippen molar-refractivity contribution >= 4 is 0 Å². The van der Waals surface area contributed by atoms with Crippen LogP contribution in [0.15, 0.2) is 11.8 Å². The van der Waals surface area contributed by atoms with E-state index in [9.17, 15) is 0 Å². The maximum atomic E-state index is 2.57. The van der Waals surface area contributed by atoms with Gasteiger partial charge in [-0.25, -0.2) is 0 Å². The molecule has 0 rings (SSSR count). The third-order valence-electron chi connectivity index (χ3n) is 2.69. The van der Waals surface area contributed by atoms with Gasteiger partial charge in [-0.15, -0.1) is 0 Å². The highest BCUT2D eigenvalue weighted by Crippen LogP contribution is 2.12. The Morgan fingerprint density at radius 1 is 0.933 bits per heavy atom. The Hall–Kier alpha value is -0.460. The minimum Gasteiger partial charge on any atom is -0.375 e. The number of rotatable bonds is 9. The molecule has 0 fully saturated rings. The van der Waals surface area contributed by atoms with Crippen LogP contribution in [0.25, 0.3) is 0 Å². The predicted octanol–water partition coefficient (Wildman–Crippen LogP) is 4.59. The molecule has 0 amide bonds. The quantitative estimate of drug-likeness (QED) is 0.504. The molecule has 1 heteroatoms. The molecule has 0 aromatic carbocycles. The number of allylic oxidation sites excluding steroid dienone is 2. The summed E-state index contributed by atoms with van der Waals surface area (Å²) < 4.78 is 0. The summed E-state index contributed by atoms with van der Waals surface area (Å²) in [6.07, 6.45) is 10.0. The largest absolute Gasteiger partial charge is 0.375 e. The second-order valence-corrected chi connectivity index (χ2v) is 4.18.